The van der Waals surface area contributed by atoms with E-state index in [9.17, 15) is 9.59 Å². The van der Waals surface area contributed by atoms with Crippen molar-refractivity contribution in [3.8, 4) is 0 Å². The zero-order valence-electron chi connectivity index (χ0n) is 17.9. The van der Waals surface area contributed by atoms with Crippen LogP contribution < -0.4 is 40.3 Å². The van der Waals surface area contributed by atoms with E-state index < -0.39 is 5.24 Å². The van der Waals surface area contributed by atoms with Crippen LogP contribution >= 0.6 is 34.8 Å². The van der Waals surface area contributed by atoms with Gasteiger partial charge in [0.15, 0.2) is 0 Å². The number of pyridine rings is 2. The van der Waals surface area contributed by atoms with Crippen LogP contribution in [0, 0.1) is 0 Å². The van der Waals surface area contributed by atoms with Crippen LogP contribution in [0.5, 0.6) is 0 Å². The molecule has 2 rings (SSSR count). The summed E-state index contributed by atoms with van der Waals surface area (Å²) in [5.41, 5.74) is 3.00. The van der Waals surface area contributed by atoms with Crippen LogP contribution in [0.1, 0.15) is 20.7 Å². The Balaban J connectivity index is -0.000000392. The van der Waals surface area contributed by atoms with Crippen molar-refractivity contribution < 1.29 is 63.8 Å². The SMILES string of the molecule is CNOC.CON(C)C(=O)c1cccnc1Cl.O=C(Cl)c1cccnc1Cl.O=CO[O-].[Na+]. The molecule has 0 spiro atoms. The van der Waals surface area contributed by atoms with Crippen LogP contribution in [0.3, 0.4) is 0 Å². The average Bonchev–Trinajstić information content (AvgIpc) is 2.79. The van der Waals surface area contributed by atoms with E-state index in [1.54, 1.807) is 32.4 Å². The number of rotatable bonds is 5. The van der Waals surface area contributed by atoms with Gasteiger partial charge in [-0.25, -0.2) is 20.5 Å². The van der Waals surface area contributed by atoms with Crippen molar-refractivity contribution in [2.24, 2.45) is 0 Å². The van der Waals surface area contributed by atoms with Gasteiger partial charge in [0.2, 0.25) is 0 Å². The summed E-state index contributed by atoms with van der Waals surface area (Å²) in [7, 11) is 6.19. The van der Waals surface area contributed by atoms with Crippen molar-refractivity contribution in [2.75, 3.05) is 28.3 Å². The molecule has 32 heavy (non-hydrogen) atoms. The second kappa shape index (κ2) is 22.8. The van der Waals surface area contributed by atoms with Crippen LogP contribution in [0.2, 0.25) is 10.3 Å². The number of hydrogen-bond donors (Lipinski definition) is 1. The molecule has 1 N–H and O–H groups in total. The van der Waals surface area contributed by atoms with Gasteiger partial charge in [-0.1, -0.05) is 23.2 Å². The first kappa shape index (κ1) is 35.2. The molecule has 11 nitrogen and oxygen atoms in total. The summed E-state index contributed by atoms with van der Waals surface area (Å²) in [5.74, 6) is -0.319. The summed E-state index contributed by atoms with van der Waals surface area (Å²) >= 11 is 16.4. The summed E-state index contributed by atoms with van der Waals surface area (Å²) < 4.78 is 0. The Hall–Kier alpha value is -1.38. The van der Waals surface area contributed by atoms with Crippen molar-refractivity contribution in [1.29, 1.82) is 0 Å². The molecule has 2 heterocycles. The van der Waals surface area contributed by atoms with Gasteiger partial charge in [0.25, 0.3) is 17.6 Å². The number of amides is 1. The Bertz CT molecular complexity index is 804. The normalized spacial score (nSPS) is 8.50. The first-order valence-corrected chi connectivity index (χ1v) is 9.00. The fourth-order valence-electron chi connectivity index (χ4n) is 1.33. The van der Waals surface area contributed by atoms with Gasteiger partial charge in [0.05, 0.1) is 25.3 Å². The number of hydrogen-bond acceptors (Lipinski definition) is 10. The van der Waals surface area contributed by atoms with Crippen molar-refractivity contribution in [1.82, 2.24) is 20.5 Å². The van der Waals surface area contributed by atoms with E-state index >= 15 is 0 Å². The molecule has 15 heteroatoms. The molecule has 0 saturated carbocycles. The summed E-state index contributed by atoms with van der Waals surface area (Å²) in [6.45, 7) is -0.181. The fraction of sp³-hybridized carbons (Fsp3) is 0.235. The Labute approximate surface area is 222 Å². The summed E-state index contributed by atoms with van der Waals surface area (Å²) in [5, 5.41) is 9.25. The zero-order valence-corrected chi connectivity index (χ0v) is 22.1. The van der Waals surface area contributed by atoms with Crippen LogP contribution in [0.15, 0.2) is 36.7 Å². The zero-order chi connectivity index (χ0) is 24.2. The molecule has 0 aliphatic carbocycles. The Morgan fingerprint density at radius 3 is 1.75 bits per heavy atom. The maximum atomic E-state index is 11.5. The summed E-state index contributed by atoms with van der Waals surface area (Å²) in [6.07, 6.45) is 3.01. The van der Waals surface area contributed by atoms with Gasteiger partial charge in [-0.15, -0.1) is 0 Å². The minimum atomic E-state index is -0.585. The van der Waals surface area contributed by atoms with Crippen LogP contribution in [0.4, 0.5) is 0 Å². The number of aromatic nitrogens is 2. The number of nitrogens with one attached hydrogen (secondary N) is 1. The third-order valence-corrected chi connectivity index (χ3v) is 3.57. The molecule has 0 bridgehead atoms. The quantitative estimate of drug-likeness (QED) is 0.126. The molecule has 0 fully saturated rings. The van der Waals surface area contributed by atoms with Crippen molar-refractivity contribution >= 4 is 52.4 Å². The molecule has 0 aliphatic rings. The van der Waals surface area contributed by atoms with Gasteiger partial charge in [-0.2, -0.15) is 0 Å². The van der Waals surface area contributed by atoms with Crippen LogP contribution in [-0.4, -0.2) is 61.0 Å². The monoisotopic (exact) mass is 520 g/mol. The largest absolute Gasteiger partial charge is 1.00 e. The molecule has 0 radical (unpaired) electrons. The smallest absolute Gasteiger partial charge is 0.662 e. The number of hydroxylamine groups is 3. The third kappa shape index (κ3) is 16.3. The molecule has 1 amide bonds. The predicted molar refractivity (Wildman–Crippen MR) is 111 cm³/mol. The fourth-order valence-corrected chi connectivity index (χ4v) is 1.94. The first-order chi connectivity index (χ1) is 14.7. The van der Waals surface area contributed by atoms with E-state index in [2.05, 4.69) is 25.2 Å². The third-order valence-electron chi connectivity index (χ3n) is 2.76. The molecule has 0 unspecified atom stereocenters. The number of nitrogens with zero attached hydrogens (tertiary/aromatic N) is 3. The second-order valence-electron chi connectivity index (χ2n) is 4.54. The number of halogens is 3. The first-order valence-electron chi connectivity index (χ1n) is 7.86. The van der Waals surface area contributed by atoms with Crippen LogP contribution in [0.25, 0.3) is 0 Å². The second-order valence-corrected chi connectivity index (χ2v) is 5.60. The van der Waals surface area contributed by atoms with Gasteiger partial charge in [0.1, 0.15) is 10.3 Å². The van der Waals surface area contributed by atoms with Crippen molar-refractivity contribution in [2.45, 2.75) is 0 Å². The molecule has 0 aliphatic heterocycles. The van der Waals surface area contributed by atoms with Crippen molar-refractivity contribution in [3.63, 3.8) is 0 Å². The minimum Gasteiger partial charge on any atom is -0.662 e. The van der Waals surface area contributed by atoms with E-state index in [4.69, 9.17) is 49.7 Å². The van der Waals surface area contributed by atoms with Gasteiger partial charge in [-0.3, -0.25) is 19.2 Å². The topological polar surface area (TPSA) is 143 Å². The minimum absolute atomic E-state index is 0. The van der Waals surface area contributed by atoms with E-state index in [1.807, 2.05) is 0 Å². The molecule has 2 aromatic heterocycles. The summed E-state index contributed by atoms with van der Waals surface area (Å²) in [6, 6.07) is 6.35. The van der Waals surface area contributed by atoms with Gasteiger partial charge in [-0.05, 0) is 35.9 Å². The van der Waals surface area contributed by atoms with E-state index in [0.29, 0.717) is 5.56 Å². The Morgan fingerprint density at radius 1 is 1.09 bits per heavy atom. The standard InChI is InChI=1S/C8H9ClN2O2.C6H3Cl2NO.C2H7NO.CH2O3.Na/c1-11(13-2)8(12)6-4-3-5-10-7(6)9;7-5-4(6(8)10)2-1-3-9-5;1-3-4-2;2-1-4-3;/h3-5H,1-2H3;1-3H;3H,1-2H3;1,3H;/q;;;;+1/p-1. The predicted octanol–water partition coefficient (Wildman–Crippen LogP) is -1.31. The maximum absolute atomic E-state index is 11.5. The molecule has 0 saturated heterocycles. The van der Waals surface area contributed by atoms with Crippen LogP contribution in [-0.2, 0) is 19.4 Å². The Kier molecular flexibility index (Phi) is 25.1. The number of carbonyl (C=O) groups excluding carboxylic acids is 3. The van der Waals surface area contributed by atoms with Gasteiger partial charge >= 0.3 is 29.6 Å². The number of carbonyl (C=O) groups is 3. The summed E-state index contributed by atoms with van der Waals surface area (Å²) in [4.78, 5) is 49.7. The molecule has 0 atom stereocenters. The van der Waals surface area contributed by atoms with Crippen molar-refractivity contribution in [3.05, 3.63) is 58.1 Å². The molecular formula is C17H20Cl3N4NaO7. The maximum Gasteiger partial charge on any atom is 1.00 e. The van der Waals surface area contributed by atoms with E-state index in [0.717, 1.165) is 5.06 Å². The van der Waals surface area contributed by atoms with Gasteiger partial charge < -0.3 is 15.0 Å². The van der Waals surface area contributed by atoms with E-state index in [-0.39, 0.29) is 57.8 Å². The molecule has 0 aromatic carbocycles. The van der Waals surface area contributed by atoms with E-state index in [1.165, 1.54) is 32.6 Å². The molecule has 2 aromatic rings. The Morgan fingerprint density at radius 2 is 1.50 bits per heavy atom. The molecular weight excluding hydrogens is 502 g/mol. The molecule has 172 valence electrons. The average molecular weight is 522 g/mol. The van der Waals surface area contributed by atoms with Gasteiger partial charge in [0, 0.05) is 26.5 Å².